The maximum atomic E-state index is 12.6. The Morgan fingerprint density at radius 2 is 1.87 bits per heavy atom. The molecule has 4 nitrogen and oxygen atoms in total. The first-order chi connectivity index (χ1) is 14.1. The Balaban J connectivity index is 1.51. The van der Waals surface area contributed by atoms with Gasteiger partial charge in [0, 0.05) is 11.8 Å². The summed E-state index contributed by atoms with van der Waals surface area (Å²) in [6.45, 7) is 7.16. The number of oxime groups is 1. The highest BCUT2D eigenvalue weighted by Gasteiger charge is 2.58. The molecule has 0 radical (unpaired) electrons. The largest absolute Gasteiger partial charge is 0.490 e. The summed E-state index contributed by atoms with van der Waals surface area (Å²) in [6, 6.07) is 0. The van der Waals surface area contributed by atoms with E-state index in [0.717, 1.165) is 38.5 Å². The van der Waals surface area contributed by atoms with Crippen LogP contribution in [0.25, 0.3) is 0 Å². The topological polar surface area (TPSA) is 47.9 Å². The lowest BCUT2D eigenvalue weighted by molar-refractivity contribution is -0.206. The molecule has 3 fully saturated rings. The van der Waals surface area contributed by atoms with Crippen molar-refractivity contribution in [1.29, 1.82) is 0 Å². The van der Waals surface area contributed by atoms with Gasteiger partial charge in [-0.2, -0.15) is 13.2 Å². The average molecular weight is 428 g/mol. The normalized spacial score (nSPS) is 42.1. The monoisotopic (exact) mass is 427 g/mol. The quantitative estimate of drug-likeness (QED) is 0.324. The Morgan fingerprint density at radius 3 is 2.57 bits per heavy atom. The second kappa shape index (κ2) is 7.56. The number of fused-ring (bicyclic) bond motifs is 5. The van der Waals surface area contributed by atoms with Crippen molar-refractivity contribution in [3.05, 3.63) is 11.6 Å². The van der Waals surface area contributed by atoms with Gasteiger partial charge in [-0.1, -0.05) is 30.7 Å². The number of carbonyl (C=O) groups is 1. The Morgan fingerprint density at radius 1 is 1.17 bits per heavy atom. The molecule has 4 aliphatic carbocycles. The molecule has 6 unspecified atom stereocenters. The van der Waals surface area contributed by atoms with Crippen molar-refractivity contribution in [1.82, 2.24) is 0 Å². The van der Waals surface area contributed by atoms with Gasteiger partial charge in [0.1, 0.15) is 12.7 Å². The maximum Gasteiger partial charge on any atom is 0.490 e. The van der Waals surface area contributed by atoms with Crippen LogP contribution < -0.4 is 0 Å². The van der Waals surface area contributed by atoms with E-state index < -0.39 is 18.2 Å². The minimum absolute atomic E-state index is 0.00873. The van der Waals surface area contributed by atoms with E-state index in [-0.39, 0.29) is 10.8 Å². The molecule has 0 amide bonds. The summed E-state index contributed by atoms with van der Waals surface area (Å²) in [7, 11) is 0. The number of halogens is 3. The number of nitrogens with zero attached hydrogens (tertiary/aromatic N) is 1. The maximum absolute atomic E-state index is 12.6. The highest BCUT2D eigenvalue weighted by molar-refractivity contribution is 5.92. The third-order valence-electron chi connectivity index (χ3n) is 8.61. The van der Waals surface area contributed by atoms with E-state index in [1.54, 1.807) is 0 Å². The number of esters is 1. The first-order valence-corrected chi connectivity index (χ1v) is 11.3. The highest BCUT2D eigenvalue weighted by Crippen LogP contribution is 2.64. The Hall–Kier alpha value is -1.53. The first-order valence-electron chi connectivity index (χ1n) is 11.3. The number of rotatable bonds is 3. The van der Waals surface area contributed by atoms with E-state index >= 15 is 0 Å². The summed E-state index contributed by atoms with van der Waals surface area (Å²) in [5.41, 5.74) is 2.48. The summed E-state index contributed by atoms with van der Waals surface area (Å²) < 4.78 is 42.6. The van der Waals surface area contributed by atoms with Gasteiger partial charge in [-0.25, -0.2) is 4.79 Å². The number of ether oxygens (including phenoxy) is 1. The zero-order chi connectivity index (χ0) is 21.7. The lowest BCUT2D eigenvalue weighted by Gasteiger charge is -2.57. The van der Waals surface area contributed by atoms with Gasteiger partial charge in [-0.15, -0.1) is 0 Å². The lowest BCUT2D eigenvalue weighted by atomic mass is 9.48. The molecule has 0 aromatic carbocycles. The Labute approximate surface area is 176 Å². The minimum atomic E-state index is -4.93. The number of allylic oxidation sites excluding steroid dienone is 1. The van der Waals surface area contributed by atoms with E-state index in [0.29, 0.717) is 37.2 Å². The lowest BCUT2D eigenvalue weighted by Crippen LogP contribution is -2.50. The first kappa shape index (κ1) is 21.7. The zero-order valence-corrected chi connectivity index (χ0v) is 18.1. The number of hydrogen-bond acceptors (Lipinski definition) is 4. The highest BCUT2D eigenvalue weighted by atomic mass is 19.4. The molecule has 0 aliphatic heterocycles. The average Bonchev–Trinajstić information content (AvgIpc) is 3.02. The molecular formula is C23H32F3NO3. The predicted molar refractivity (Wildman–Crippen MR) is 107 cm³/mol. The van der Waals surface area contributed by atoms with Gasteiger partial charge in [0.2, 0.25) is 0 Å². The Kier molecular flexibility index (Phi) is 5.46. The van der Waals surface area contributed by atoms with Crippen LogP contribution in [0.2, 0.25) is 0 Å². The van der Waals surface area contributed by atoms with Crippen molar-refractivity contribution in [2.24, 2.45) is 33.7 Å². The fourth-order valence-electron chi connectivity index (χ4n) is 7.03. The van der Waals surface area contributed by atoms with Gasteiger partial charge in [-0.3, -0.25) is 0 Å². The van der Waals surface area contributed by atoms with Crippen molar-refractivity contribution in [2.45, 2.75) is 84.4 Å². The molecule has 0 spiro atoms. The van der Waals surface area contributed by atoms with Crippen LogP contribution in [0.4, 0.5) is 13.2 Å². The van der Waals surface area contributed by atoms with Crippen LogP contribution in [-0.4, -0.2) is 30.6 Å². The van der Waals surface area contributed by atoms with Crippen molar-refractivity contribution in [3.63, 3.8) is 0 Å². The molecule has 4 rings (SSSR count). The van der Waals surface area contributed by atoms with Crippen LogP contribution in [0, 0.1) is 28.6 Å². The van der Waals surface area contributed by atoms with Crippen molar-refractivity contribution in [2.75, 3.05) is 6.61 Å². The molecule has 168 valence electrons. The molecule has 30 heavy (non-hydrogen) atoms. The number of alkyl halides is 3. The van der Waals surface area contributed by atoms with E-state index in [2.05, 4.69) is 25.1 Å². The molecular weight excluding hydrogens is 395 g/mol. The van der Waals surface area contributed by atoms with Crippen LogP contribution in [0.15, 0.2) is 16.8 Å². The third-order valence-corrected chi connectivity index (χ3v) is 8.61. The van der Waals surface area contributed by atoms with Gasteiger partial charge in [-0.05, 0) is 75.0 Å². The molecule has 0 bridgehead atoms. The standard InChI is InChI=1S/C23H32F3NO3/c1-4-29-27-19-8-7-17-16-6-5-14-13-15(30-20(28)23(24,25)26)9-11-21(14,2)18(16)10-12-22(17,19)3/h5,15-18H,4,6-13H2,1-3H3/b27-19+. The SMILES string of the molecule is CCO/N=C1\CCC2C3CC=C4CC(OC(=O)C(F)(F)F)CCC4(C)C3CCC12C. The van der Waals surface area contributed by atoms with Crippen LogP contribution in [0.5, 0.6) is 0 Å². The summed E-state index contributed by atoms with van der Waals surface area (Å²) in [5, 5.41) is 4.45. The fraction of sp³-hybridized carbons (Fsp3) is 0.826. The zero-order valence-electron chi connectivity index (χ0n) is 18.1. The molecule has 3 saturated carbocycles. The smallest absolute Gasteiger partial charge is 0.455 e. The van der Waals surface area contributed by atoms with Crippen molar-refractivity contribution >= 4 is 11.7 Å². The van der Waals surface area contributed by atoms with Crippen molar-refractivity contribution in [3.8, 4) is 0 Å². The summed E-state index contributed by atoms with van der Waals surface area (Å²) >= 11 is 0. The Bertz CT molecular complexity index is 761. The summed E-state index contributed by atoms with van der Waals surface area (Å²) in [5.74, 6) is -0.390. The van der Waals surface area contributed by atoms with Crippen LogP contribution in [0.1, 0.15) is 72.1 Å². The predicted octanol–water partition coefficient (Wildman–Crippen LogP) is 5.82. The van der Waals surface area contributed by atoms with Crippen molar-refractivity contribution < 1.29 is 27.5 Å². The number of hydrogen-bond donors (Lipinski definition) is 0. The molecule has 7 heteroatoms. The van der Waals surface area contributed by atoms with Gasteiger partial charge in [0.05, 0.1) is 5.71 Å². The second-order valence-corrected chi connectivity index (χ2v) is 9.98. The van der Waals surface area contributed by atoms with Gasteiger partial charge >= 0.3 is 12.1 Å². The van der Waals surface area contributed by atoms with Crippen LogP contribution in [-0.2, 0) is 14.4 Å². The third kappa shape index (κ3) is 3.46. The molecule has 6 atom stereocenters. The molecule has 0 aromatic heterocycles. The summed E-state index contributed by atoms with van der Waals surface area (Å²) in [4.78, 5) is 16.7. The molecule has 0 heterocycles. The fourth-order valence-corrected chi connectivity index (χ4v) is 7.03. The molecule has 0 N–H and O–H groups in total. The van der Waals surface area contributed by atoms with Gasteiger partial charge in [0.25, 0.3) is 0 Å². The van der Waals surface area contributed by atoms with Gasteiger partial charge in [0.15, 0.2) is 0 Å². The summed E-state index contributed by atoms with van der Waals surface area (Å²) in [6.07, 6.45) is 3.63. The number of carbonyl (C=O) groups excluding carboxylic acids is 1. The van der Waals surface area contributed by atoms with E-state index in [9.17, 15) is 18.0 Å². The minimum Gasteiger partial charge on any atom is -0.455 e. The van der Waals surface area contributed by atoms with Crippen LogP contribution >= 0.6 is 0 Å². The van der Waals surface area contributed by atoms with E-state index in [4.69, 9.17) is 9.57 Å². The van der Waals surface area contributed by atoms with E-state index in [1.165, 1.54) is 11.3 Å². The molecule has 4 aliphatic rings. The molecule has 0 aromatic rings. The van der Waals surface area contributed by atoms with Crippen LogP contribution in [0.3, 0.4) is 0 Å². The van der Waals surface area contributed by atoms with Gasteiger partial charge < -0.3 is 9.57 Å². The van der Waals surface area contributed by atoms with E-state index in [1.807, 2.05) is 6.92 Å². The second-order valence-electron chi connectivity index (χ2n) is 9.98. The molecule has 0 saturated heterocycles.